The van der Waals surface area contributed by atoms with Crippen LogP contribution in [0.5, 0.6) is 0 Å². The second-order valence-electron chi connectivity index (χ2n) is 2.75. The van der Waals surface area contributed by atoms with E-state index >= 15 is 0 Å². The van der Waals surface area contributed by atoms with Gasteiger partial charge in [-0.3, -0.25) is 0 Å². The van der Waals surface area contributed by atoms with E-state index in [0.717, 1.165) is 12.0 Å². The highest BCUT2D eigenvalue weighted by Crippen LogP contribution is 2.14. The molecule has 0 aliphatic carbocycles. The Balaban J connectivity index is 2.95. The molecule has 2 nitrogen and oxygen atoms in total. The molecule has 0 spiro atoms. The van der Waals surface area contributed by atoms with Gasteiger partial charge in [-0.15, -0.1) is 0 Å². The first kappa shape index (κ1) is 8.76. The van der Waals surface area contributed by atoms with Crippen molar-refractivity contribution >= 4 is 0 Å². The molecule has 0 bridgehead atoms. The van der Waals surface area contributed by atoms with Gasteiger partial charge in [0.05, 0.1) is 11.6 Å². The molecule has 0 aliphatic heterocycles. The van der Waals surface area contributed by atoms with E-state index in [9.17, 15) is 0 Å². The van der Waals surface area contributed by atoms with Gasteiger partial charge >= 0.3 is 0 Å². The average molecular weight is 160 g/mol. The van der Waals surface area contributed by atoms with Gasteiger partial charge in [-0.2, -0.15) is 5.26 Å². The fourth-order valence-corrected chi connectivity index (χ4v) is 1.07. The summed E-state index contributed by atoms with van der Waals surface area (Å²) in [5.41, 5.74) is 7.52. The third kappa shape index (κ3) is 1.84. The molecule has 12 heavy (non-hydrogen) atoms. The summed E-state index contributed by atoms with van der Waals surface area (Å²) in [6, 6.07) is 9.59. The molecule has 0 aliphatic rings. The Hall–Kier alpha value is -1.33. The van der Waals surface area contributed by atoms with Crippen molar-refractivity contribution in [1.29, 1.82) is 5.26 Å². The molecular weight excluding hydrogens is 148 g/mol. The van der Waals surface area contributed by atoms with Crippen molar-refractivity contribution in [1.82, 2.24) is 0 Å². The maximum Gasteiger partial charge on any atom is 0.0991 e. The number of nitrogens with two attached hydrogens (primary N) is 1. The molecule has 2 heteroatoms. The molecular formula is C10H12N2. The van der Waals surface area contributed by atoms with Crippen molar-refractivity contribution in [3.63, 3.8) is 0 Å². The van der Waals surface area contributed by atoms with Gasteiger partial charge in [0.25, 0.3) is 0 Å². The summed E-state index contributed by atoms with van der Waals surface area (Å²) in [6.07, 6.45) is 0.898. The summed E-state index contributed by atoms with van der Waals surface area (Å²) >= 11 is 0. The molecule has 0 radical (unpaired) electrons. The van der Waals surface area contributed by atoms with Crippen LogP contribution in [0.25, 0.3) is 0 Å². The third-order valence-electron chi connectivity index (χ3n) is 1.88. The van der Waals surface area contributed by atoms with Crippen molar-refractivity contribution in [2.24, 2.45) is 5.73 Å². The maximum absolute atomic E-state index is 8.63. The number of hydrogen-bond donors (Lipinski definition) is 1. The number of hydrogen-bond acceptors (Lipinski definition) is 2. The van der Waals surface area contributed by atoms with Gasteiger partial charge in [0.15, 0.2) is 0 Å². The van der Waals surface area contributed by atoms with E-state index in [-0.39, 0.29) is 6.04 Å². The van der Waals surface area contributed by atoms with Crippen LogP contribution in [0.2, 0.25) is 0 Å². The smallest absolute Gasteiger partial charge is 0.0991 e. The van der Waals surface area contributed by atoms with Crippen LogP contribution in [0.3, 0.4) is 0 Å². The van der Waals surface area contributed by atoms with E-state index in [1.165, 1.54) is 0 Å². The first-order chi connectivity index (χ1) is 5.77. The van der Waals surface area contributed by atoms with Crippen molar-refractivity contribution in [3.8, 4) is 6.07 Å². The maximum atomic E-state index is 8.63. The molecule has 0 saturated carbocycles. The van der Waals surface area contributed by atoms with Crippen LogP contribution >= 0.6 is 0 Å². The quantitative estimate of drug-likeness (QED) is 0.719. The van der Waals surface area contributed by atoms with Gasteiger partial charge in [0.2, 0.25) is 0 Å². The lowest BCUT2D eigenvalue weighted by atomic mass is 10.0. The molecule has 0 heterocycles. The minimum Gasteiger partial charge on any atom is -0.324 e. The Morgan fingerprint density at radius 1 is 1.58 bits per heavy atom. The van der Waals surface area contributed by atoms with Crippen LogP contribution in [-0.2, 0) is 0 Å². The van der Waals surface area contributed by atoms with Crippen LogP contribution in [0.4, 0.5) is 0 Å². The summed E-state index contributed by atoms with van der Waals surface area (Å²) in [6.45, 7) is 2.03. The second-order valence-corrected chi connectivity index (χ2v) is 2.75. The third-order valence-corrected chi connectivity index (χ3v) is 1.88. The van der Waals surface area contributed by atoms with Crippen LogP contribution in [0.15, 0.2) is 24.3 Å². The largest absolute Gasteiger partial charge is 0.324 e. The van der Waals surface area contributed by atoms with Gasteiger partial charge in [-0.05, 0) is 24.1 Å². The second kappa shape index (κ2) is 3.89. The van der Waals surface area contributed by atoms with Crippen molar-refractivity contribution < 1.29 is 0 Å². The monoisotopic (exact) mass is 160 g/mol. The lowest BCUT2D eigenvalue weighted by Crippen LogP contribution is -2.08. The number of benzene rings is 1. The molecule has 1 atom stereocenters. The zero-order valence-electron chi connectivity index (χ0n) is 7.12. The van der Waals surface area contributed by atoms with Crippen molar-refractivity contribution in [3.05, 3.63) is 35.4 Å². The van der Waals surface area contributed by atoms with Crippen molar-refractivity contribution in [2.75, 3.05) is 0 Å². The van der Waals surface area contributed by atoms with E-state index in [1.807, 2.05) is 25.1 Å². The average Bonchev–Trinajstić information content (AvgIpc) is 2.17. The van der Waals surface area contributed by atoms with Gasteiger partial charge in [0.1, 0.15) is 0 Å². The highest BCUT2D eigenvalue weighted by Gasteiger charge is 2.02. The highest BCUT2D eigenvalue weighted by atomic mass is 14.6. The van der Waals surface area contributed by atoms with E-state index < -0.39 is 0 Å². The molecule has 1 rings (SSSR count). The van der Waals surface area contributed by atoms with Crippen LogP contribution in [0.1, 0.15) is 30.5 Å². The Bertz CT molecular complexity index is 299. The minimum absolute atomic E-state index is 0.0540. The Morgan fingerprint density at radius 3 is 2.92 bits per heavy atom. The van der Waals surface area contributed by atoms with E-state index in [2.05, 4.69) is 6.07 Å². The topological polar surface area (TPSA) is 49.8 Å². The van der Waals surface area contributed by atoms with Gasteiger partial charge < -0.3 is 5.73 Å². The van der Waals surface area contributed by atoms with Gasteiger partial charge in [0, 0.05) is 6.04 Å². The van der Waals surface area contributed by atoms with Crippen LogP contribution < -0.4 is 5.73 Å². The molecule has 0 amide bonds. The SMILES string of the molecule is CCC(N)c1cccc(C#N)c1. The standard InChI is InChI=1S/C10H12N2/c1-2-10(12)9-5-3-4-8(6-9)7-11/h3-6,10H,2,12H2,1H3. The van der Waals surface area contributed by atoms with Gasteiger partial charge in [-0.25, -0.2) is 0 Å². The molecule has 1 aromatic carbocycles. The molecule has 0 saturated heterocycles. The van der Waals surface area contributed by atoms with E-state index in [4.69, 9.17) is 11.0 Å². The fraction of sp³-hybridized carbons (Fsp3) is 0.300. The summed E-state index contributed by atoms with van der Waals surface area (Å²) in [5.74, 6) is 0. The first-order valence-electron chi connectivity index (χ1n) is 4.03. The lowest BCUT2D eigenvalue weighted by molar-refractivity contribution is 0.698. The molecule has 0 aromatic heterocycles. The molecule has 1 aromatic rings. The van der Waals surface area contributed by atoms with E-state index in [0.29, 0.717) is 5.56 Å². The number of nitrogens with zero attached hydrogens (tertiary/aromatic N) is 1. The van der Waals surface area contributed by atoms with Crippen LogP contribution in [0, 0.1) is 11.3 Å². The minimum atomic E-state index is 0.0540. The fourth-order valence-electron chi connectivity index (χ4n) is 1.07. The van der Waals surface area contributed by atoms with E-state index in [1.54, 1.807) is 6.07 Å². The Kier molecular flexibility index (Phi) is 2.84. The first-order valence-corrected chi connectivity index (χ1v) is 4.03. The zero-order chi connectivity index (χ0) is 8.97. The number of nitriles is 1. The predicted molar refractivity (Wildman–Crippen MR) is 48.4 cm³/mol. The van der Waals surface area contributed by atoms with Gasteiger partial charge in [-0.1, -0.05) is 19.1 Å². The van der Waals surface area contributed by atoms with Crippen molar-refractivity contribution in [2.45, 2.75) is 19.4 Å². The molecule has 62 valence electrons. The zero-order valence-corrected chi connectivity index (χ0v) is 7.12. The van der Waals surface area contributed by atoms with Crippen LogP contribution in [-0.4, -0.2) is 0 Å². The molecule has 1 unspecified atom stereocenters. The highest BCUT2D eigenvalue weighted by molar-refractivity contribution is 5.33. The summed E-state index contributed by atoms with van der Waals surface area (Å²) in [5, 5.41) is 8.63. The molecule has 0 fully saturated rings. The lowest BCUT2D eigenvalue weighted by Gasteiger charge is -2.08. The predicted octanol–water partition coefficient (Wildman–Crippen LogP) is 1.97. The normalized spacial score (nSPS) is 12.1. The number of rotatable bonds is 2. The Labute approximate surface area is 72.6 Å². The summed E-state index contributed by atoms with van der Waals surface area (Å²) < 4.78 is 0. The Morgan fingerprint density at radius 2 is 2.33 bits per heavy atom. The summed E-state index contributed by atoms with van der Waals surface area (Å²) in [4.78, 5) is 0. The summed E-state index contributed by atoms with van der Waals surface area (Å²) in [7, 11) is 0. The molecule has 2 N–H and O–H groups in total.